The first-order chi connectivity index (χ1) is 27.3. The van der Waals surface area contributed by atoms with E-state index in [-0.39, 0.29) is 10.8 Å². The number of para-hydroxylation sites is 2. The minimum atomic E-state index is -0.191. The minimum Gasteiger partial charge on any atom is -0.456 e. The third-order valence-electron chi connectivity index (χ3n) is 12.5. The fraction of sp³-hybridized carbons (Fsp3) is 0.118. The third-order valence-corrected chi connectivity index (χ3v) is 12.5. The summed E-state index contributed by atoms with van der Waals surface area (Å²) in [6.45, 7) is 9.19. The second-order valence-corrected chi connectivity index (χ2v) is 16.4. The van der Waals surface area contributed by atoms with Crippen LogP contribution in [0.5, 0.6) is 0 Å². The van der Waals surface area contributed by atoms with Crippen molar-refractivity contribution < 1.29 is 8.83 Å². The summed E-state index contributed by atoms with van der Waals surface area (Å²) in [4.78, 5) is 15.6. The predicted octanol–water partition coefficient (Wildman–Crippen LogP) is 13.3. The highest BCUT2D eigenvalue weighted by Crippen LogP contribution is 2.53. The van der Waals surface area contributed by atoms with Gasteiger partial charge in [0.05, 0.1) is 5.56 Å². The van der Waals surface area contributed by atoms with Gasteiger partial charge in [0.15, 0.2) is 17.5 Å². The molecule has 0 unspecified atom stereocenters. The molecule has 56 heavy (non-hydrogen) atoms. The van der Waals surface area contributed by atoms with E-state index in [1.807, 2.05) is 24.3 Å². The van der Waals surface area contributed by atoms with Crippen LogP contribution in [-0.4, -0.2) is 15.0 Å². The van der Waals surface area contributed by atoms with Gasteiger partial charge in [0.25, 0.3) is 0 Å². The Labute approximate surface area is 323 Å². The minimum absolute atomic E-state index is 0.164. The summed E-state index contributed by atoms with van der Waals surface area (Å²) in [5, 5.41) is 4.27. The summed E-state index contributed by atoms with van der Waals surface area (Å²) in [5.74, 6) is 1.73. The van der Waals surface area contributed by atoms with Crippen molar-refractivity contribution in [2.45, 2.75) is 38.5 Å². The van der Waals surface area contributed by atoms with E-state index in [0.717, 1.165) is 60.6 Å². The van der Waals surface area contributed by atoms with Crippen molar-refractivity contribution in [1.29, 1.82) is 0 Å². The van der Waals surface area contributed by atoms with Gasteiger partial charge in [0.2, 0.25) is 0 Å². The number of hydrogen-bond acceptors (Lipinski definition) is 5. The van der Waals surface area contributed by atoms with Crippen LogP contribution < -0.4 is 0 Å². The van der Waals surface area contributed by atoms with Crippen molar-refractivity contribution in [3.63, 3.8) is 0 Å². The van der Waals surface area contributed by atoms with Gasteiger partial charge in [0.1, 0.15) is 22.3 Å². The first-order valence-electron chi connectivity index (χ1n) is 19.3. The van der Waals surface area contributed by atoms with Crippen LogP contribution in [0.1, 0.15) is 49.9 Å². The second-order valence-electron chi connectivity index (χ2n) is 16.4. The highest BCUT2D eigenvalue weighted by molar-refractivity contribution is 6.11. The van der Waals surface area contributed by atoms with Crippen LogP contribution in [0.15, 0.2) is 148 Å². The molecule has 5 heteroatoms. The number of nitrogens with zero attached hydrogens (tertiary/aromatic N) is 3. The van der Waals surface area contributed by atoms with Gasteiger partial charge in [-0.2, -0.15) is 0 Å². The summed E-state index contributed by atoms with van der Waals surface area (Å²) in [5.41, 5.74) is 15.8. The van der Waals surface area contributed by atoms with Crippen molar-refractivity contribution in [2.24, 2.45) is 0 Å². The summed E-state index contributed by atoms with van der Waals surface area (Å²) in [6.07, 6.45) is 0. The van der Waals surface area contributed by atoms with E-state index in [0.29, 0.717) is 17.5 Å². The molecule has 0 saturated carbocycles. The number of aromatic nitrogens is 3. The molecule has 3 heterocycles. The quantitative estimate of drug-likeness (QED) is 0.182. The molecule has 0 aliphatic heterocycles. The van der Waals surface area contributed by atoms with Crippen LogP contribution in [0.25, 0.3) is 100 Å². The molecular weight excluding hydrogens is 687 g/mol. The maximum atomic E-state index is 6.86. The Hall–Kier alpha value is -6.85. The largest absolute Gasteiger partial charge is 0.456 e. The molecule has 12 rings (SSSR count). The predicted molar refractivity (Wildman–Crippen MR) is 226 cm³/mol. The smallest absolute Gasteiger partial charge is 0.167 e. The average Bonchev–Trinajstić information content (AvgIpc) is 3.93. The highest BCUT2D eigenvalue weighted by atomic mass is 16.3. The maximum absolute atomic E-state index is 6.86. The summed E-state index contributed by atoms with van der Waals surface area (Å²) < 4.78 is 13.4. The summed E-state index contributed by atoms with van der Waals surface area (Å²) in [6, 6.07) is 49.2. The Balaban J connectivity index is 1.07. The molecular formula is C51H35N3O2. The van der Waals surface area contributed by atoms with Gasteiger partial charge in [-0.15, -0.1) is 0 Å². The Morgan fingerprint density at radius 2 is 0.911 bits per heavy atom. The first-order valence-corrected chi connectivity index (χ1v) is 19.3. The zero-order chi connectivity index (χ0) is 37.5. The molecule has 0 fully saturated rings. The van der Waals surface area contributed by atoms with Crippen molar-refractivity contribution in [1.82, 2.24) is 15.0 Å². The molecule has 0 amide bonds. The van der Waals surface area contributed by atoms with Crippen molar-refractivity contribution in [3.8, 4) is 56.4 Å². The second kappa shape index (κ2) is 10.9. The summed E-state index contributed by atoms with van der Waals surface area (Å²) in [7, 11) is 0. The van der Waals surface area contributed by atoms with E-state index in [2.05, 4.69) is 143 Å². The van der Waals surface area contributed by atoms with E-state index in [1.54, 1.807) is 0 Å². The zero-order valence-electron chi connectivity index (χ0n) is 31.4. The van der Waals surface area contributed by atoms with Gasteiger partial charge in [0, 0.05) is 49.1 Å². The Bertz CT molecular complexity index is 3330. The number of fused-ring (bicyclic) bond motifs is 13. The van der Waals surface area contributed by atoms with Crippen LogP contribution in [0.3, 0.4) is 0 Å². The molecule has 5 nitrogen and oxygen atoms in total. The molecule has 2 aliphatic rings. The van der Waals surface area contributed by atoms with Crippen LogP contribution in [0.4, 0.5) is 0 Å². The third kappa shape index (κ3) is 4.17. The fourth-order valence-corrected chi connectivity index (χ4v) is 9.74. The van der Waals surface area contributed by atoms with Gasteiger partial charge >= 0.3 is 0 Å². The number of rotatable bonds is 3. The lowest BCUT2D eigenvalue weighted by atomic mass is 9.82. The van der Waals surface area contributed by atoms with Crippen molar-refractivity contribution >= 4 is 43.9 Å². The summed E-state index contributed by atoms with van der Waals surface area (Å²) >= 11 is 0. The van der Waals surface area contributed by atoms with Gasteiger partial charge in [-0.3, -0.25) is 0 Å². The maximum Gasteiger partial charge on any atom is 0.167 e. The van der Waals surface area contributed by atoms with Crippen LogP contribution in [0, 0.1) is 0 Å². The zero-order valence-corrected chi connectivity index (χ0v) is 31.4. The fourth-order valence-electron chi connectivity index (χ4n) is 9.74. The molecule has 3 aromatic heterocycles. The van der Waals surface area contributed by atoms with Crippen molar-refractivity contribution in [2.75, 3.05) is 0 Å². The molecule has 0 radical (unpaired) electrons. The van der Waals surface area contributed by atoms with E-state index >= 15 is 0 Å². The Morgan fingerprint density at radius 1 is 0.375 bits per heavy atom. The van der Waals surface area contributed by atoms with Crippen LogP contribution in [0.2, 0.25) is 0 Å². The standard InChI is InChI=1S/C51H35N3O2/c1-50(2)39-17-8-5-12-30(39)32-22-20-28(26-41(32)50)47-52-48(54-49(53-47)38-16-11-15-36-33-14-7-10-19-42(33)55-45(36)38)29-21-23-34-37-25-24-35-31-13-6-9-18-40(31)51(3,4)44(35)46(37)56-43(34)27-29/h5-27H,1-4H3. The molecule has 0 spiro atoms. The van der Waals surface area contributed by atoms with E-state index in [1.165, 1.54) is 44.5 Å². The van der Waals surface area contributed by atoms with Gasteiger partial charge < -0.3 is 8.83 Å². The van der Waals surface area contributed by atoms with Crippen LogP contribution >= 0.6 is 0 Å². The highest BCUT2D eigenvalue weighted by Gasteiger charge is 2.39. The lowest BCUT2D eigenvalue weighted by molar-refractivity contribution is 0.620. The molecule has 0 saturated heterocycles. The van der Waals surface area contributed by atoms with E-state index in [4.69, 9.17) is 23.8 Å². The van der Waals surface area contributed by atoms with Crippen LogP contribution in [-0.2, 0) is 10.8 Å². The van der Waals surface area contributed by atoms with Gasteiger partial charge in [-0.25, -0.2) is 15.0 Å². The molecule has 2 aliphatic carbocycles. The molecule has 0 atom stereocenters. The number of furan rings is 2. The van der Waals surface area contributed by atoms with Crippen molar-refractivity contribution in [3.05, 3.63) is 162 Å². The topological polar surface area (TPSA) is 65.0 Å². The van der Waals surface area contributed by atoms with Gasteiger partial charge in [-0.05, 0) is 75.3 Å². The lowest BCUT2D eigenvalue weighted by Gasteiger charge is -2.21. The van der Waals surface area contributed by atoms with E-state index < -0.39 is 0 Å². The first kappa shape index (κ1) is 31.5. The molecule has 7 aromatic carbocycles. The number of hydrogen-bond donors (Lipinski definition) is 0. The average molecular weight is 722 g/mol. The van der Waals surface area contributed by atoms with Gasteiger partial charge in [-0.1, -0.05) is 131 Å². The monoisotopic (exact) mass is 721 g/mol. The number of benzene rings is 7. The lowest BCUT2D eigenvalue weighted by Crippen LogP contribution is -2.15. The SMILES string of the molecule is CC1(C)c2ccccc2-c2ccc(-c3nc(-c4ccc5c(c4)oc4c6c(ccc45)-c4ccccc4C6(C)C)nc(-c4cccc5c4oc4ccccc45)n3)cc21. The molecule has 266 valence electrons. The molecule has 10 aromatic rings. The Morgan fingerprint density at radius 3 is 1.73 bits per heavy atom. The van der Waals surface area contributed by atoms with E-state index in [9.17, 15) is 0 Å². The normalized spacial score (nSPS) is 14.7. The Kier molecular flexibility index (Phi) is 6.12. The molecule has 0 N–H and O–H groups in total. The molecule has 0 bridgehead atoms.